The largest absolute Gasteiger partial charge is 0.372 e. The molecular weight excluding hydrogens is 278 g/mol. The van der Waals surface area contributed by atoms with Crippen molar-refractivity contribution < 1.29 is 4.74 Å². The van der Waals surface area contributed by atoms with Crippen molar-refractivity contribution in [3.05, 3.63) is 56.8 Å². The molecule has 0 spiro atoms. The van der Waals surface area contributed by atoms with E-state index in [4.69, 9.17) is 4.74 Å². The van der Waals surface area contributed by atoms with E-state index in [1.165, 1.54) is 26.4 Å². The number of nitrogens with one attached hydrogen (secondary N) is 1. The lowest BCUT2D eigenvalue weighted by Gasteiger charge is -2.27. The van der Waals surface area contributed by atoms with Crippen LogP contribution in [0.2, 0.25) is 0 Å². The van der Waals surface area contributed by atoms with Gasteiger partial charge in [-0.1, -0.05) is 24.3 Å². The Morgan fingerprint density at radius 1 is 1.33 bits per heavy atom. The van der Waals surface area contributed by atoms with Crippen LogP contribution in [0.5, 0.6) is 0 Å². The maximum atomic E-state index is 5.97. The predicted molar refractivity (Wildman–Crippen MR) is 89.0 cm³/mol. The molecule has 2 atom stereocenters. The Balaban J connectivity index is 1.67. The van der Waals surface area contributed by atoms with E-state index >= 15 is 0 Å². The van der Waals surface area contributed by atoms with Crippen LogP contribution in [0.25, 0.3) is 0 Å². The molecular formula is C18H23NOS. The molecule has 2 heterocycles. The lowest BCUT2D eigenvalue weighted by molar-refractivity contribution is 0.0409. The standard InChI is InChI=1S/C18H23NOS/c1-12-10-17(14(3)21-12)13(2)19-11-18-16-7-5-4-6-15(16)8-9-20-18/h4-7,10,13,18-19H,8-9,11H2,1-3H3. The normalized spacial score (nSPS) is 19.3. The Morgan fingerprint density at radius 3 is 2.90 bits per heavy atom. The van der Waals surface area contributed by atoms with Crippen LogP contribution in [0.3, 0.4) is 0 Å². The van der Waals surface area contributed by atoms with Crippen molar-refractivity contribution in [3.63, 3.8) is 0 Å². The number of hydrogen-bond acceptors (Lipinski definition) is 3. The first-order valence-corrected chi connectivity index (χ1v) is 8.46. The van der Waals surface area contributed by atoms with Crippen LogP contribution < -0.4 is 5.32 Å². The van der Waals surface area contributed by atoms with Gasteiger partial charge in [0.2, 0.25) is 0 Å². The molecule has 1 aromatic heterocycles. The van der Waals surface area contributed by atoms with Crippen molar-refractivity contribution in [2.45, 2.75) is 39.3 Å². The molecule has 21 heavy (non-hydrogen) atoms. The molecule has 1 aliphatic rings. The van der Waals surface area contributed by atoms with E-state index < -0.39 is 0 Å². The number of benzene rings is 1. The molecule has 3 heteroatoms. The second-order valence-corrected chi connectivity index (χ2v) is 7.27. The Hall–Kier alpha value is -1.16. The third-order valence-electron chi connectivity index (χ3n) is 4.25. The number of rotatable bonds is 4. The lowest BCUT2D eigenvalue weighted by Crippen LogP contribution is -2.29. The van der Waals surface area contributed by atoms with E-state index in [1.54, 1.807) is 0 Å². The van der Waals surface area contributed by atoms with Gasteiger partial charge in [-0.3, -0.25) is 0 Å². The smallest absolute Gasteiger partial charge is 0.0952 e. The third kappa shape index (κ3) is 3.20. The molecule has 0 fully saturated rings. The van der Waals surface area contributed by atoms with E-state index in [-0.39, 0.29) is 6.10 Å². The molecule has 1 aliphatic heterocycles. The van der Waals surface area contributed by atoms with Gasteiger partial charge in [-0.2, -0.15) is 0 Å². The monoisotopic (exact) mass is 301 g/mol. The minimum Gasteiger partial charge on any atom is -0.372 e. The van der Waals surface area contributed by atoms with Crippen LogP contribution in [0.1, 0.15) is 45.5 Å². The number of thiophene rings is 1. The Morgan fingerprint density at radius 2 is 2.14 bits per heavy atom. The summed E-state index contributed by atoms with van der Waals surface area (Å²) in [5.41, 5.74) is 4.20. The van der Waals surface area contributed by atoms with Gasteiger partial charge in [0.1, 0.15) is 0 Å². The summed E-state index contributed by atoms with van der Waals surface area (Å²) in [7, 11) is 0. The van der Waals surface area contributed by atoms with Gasteiger partial charge in [0.25, 0.3) is 0 Å². The first kappa shape index (κ1) is 14.8. The highest BCUT2D eigenvalue weighted by Gasteiger charge is 2.21. The van der Waals surface area contributed by atoms with Gasteiger partial charge in [0, 0.05) is 22.3 Å². The highest BCUT2D eigenvalue weighted by atomic mass is 32.1. The minimum atomic E-state index is 0.178. The van der Waals surface area contributed by atoms with Crippen LogP contribution in [-0.2, 0) is 11.2 Å². The summed E-state index contributed by atoms with van der Waals surface area (Å²) in [5.74, 6) is 0. The summed E-state index contributed by atoms with van der Waals surface area (Å²) >= 11 is 1.88. The maximum Gasteiger partial charge on any atom is 0.0952 e. The number of fused-ring (bicyclic) bond motifs is 1. The molecule has 0 saturated carbocycles. The Kier molecular flexibility index (Phi) is 4.43. The molecule has 0 bridgehead atoms. The van der Waals surface area contributed by atoms with Gasteiger partial charge in [-0.05, 0) is 49.9 Å². The summed E-state index contributed by atoms with van der Waals surface area (Å²) in [6.07, 6.45) is 1.21. The molecule has 2 unspecified atom stereocenters. The molecule has 2 aromatic rings. The molecule has 1 N–H and O–H groups in total. The highest BCUT2D eigenvalue weighted by molar-refractivity contribution is 7.12. The van der Waals surface area contributed by atoms with Crippen LogP contribution >= 0.6 is 11.3 Å². The number of ether oxygens (including phenoxy) is 1. The summed E-state index contributed by atoms with van der Waals surface area (Å²) in [4.78, 5) is 2.80. The van der Waals surface area contributed by atoms with Gasteiger partial charge in [-0.25, -0.2) is 0 Å². The number of aryl methyl sites for hydroxylation is 2. The molecule has 0 saturated heterocycles. The number of hydrogen-bond donors (Lipinski definition) is 1. The van der Waals surface area contributed by atoms with E-state index in [2.05, 4.69) is 56.4 Å². The van der Waals surface area contributed by atoms with Gasteiger partial charge in [-0.15, -0.1) is 11.3 Å². The van der Waals surface area contributed by atoms with Gasteiger partial charge >= 0.3 is 0 Å². The Labute approximate surface area is 131 Å². The molecule has 0 radical (unpaired) electrons. The topological polar surface area (TPSA) is 21.3 Å². The molecule has 112 valence electrons. The average molecular weight is 301 g/mol. The lowest BCUT2D eigenvalue weighted by atomic mass is 9.97. The van der Waals surface area contributed by atoms with Crippen molar-refractivity contribution in [2.75, 3.05) is 13.2 Å². The Bertz CT molecular complexity index is 619. The first-order chi connectivity index (χ1) is 10.1. The summed E-state index contributed by atoms with van der Waals surface area (Å²) in [6.45, 7) is 8.32. The second kappa shape index (κ2) is 6.30. The van der Waals surface area contributed by atoms with E-state index in [0.29, 0.717) is 6.04 Å². The van der Waals surface area contributed by atoms with Crippen LogP contribution in [0.15, 0.2) is 30.3 Å². The maximum absolute atomic E-state index is 5.97. The summed E-state index contributed by atoms with van der Waals surface area (Å²) in [5, 5.41) is 3.65. The van der Waals surface area contributed by atoms with Crippen molar-refractivity contribution in [1.29, 1.82) is 0 Å². The van der Waals surface area contributed by atoms with Crippen molar-refractivity contribution >= 4 is 11.3 Å². The van der Waals surface area contributed by atoms with E-state index in [1.807, 2.05) is 11.3 Å². The van der Waals surface area contributed by atoms with Crippen LogP contribution in [-0.4, -0.2) is 13.2 Å². The SMILES string of the molecule is Cc1cc(C(C)NCC2OCCc3ccccc32)c(C)s1. The molecule has 0 amide bonds. The summed E-state index contributed by atoms with van der Waals surface area (Å²) < 4.78 is 5.97. The van der Waals surface area contributed by atoms with Gasteiger partial charge < -0.3 is 10.1 Å². The van der Waals surface area contributed by atoms with Crippen LogP contribution in [0.4, 0.5) is 0 Å². The van der Waals surface area contributed by atoms with Gasteiger partial charge in [0.15, 0.2) is 0 Å². The minimum absolute atomic E-state index is 0.178. The van der Waals surface area contributed by atoms with Crippen molar-refractivity contribution in [3.8, 4) is 0 Å². The van der Waals surface area contributed by atoms with Crippen LogP contribution in [0, 0.1) is 13.8 Å². The van der Waals surface area contributed by atoms with Crippen molar-refractivity contribution in [2.24, 2.45) is 0 Å². The van der Waals surface area contributed by atoms with E-state index in [0.717, 1.165) is 19.6 Å². The second-order valence-electron chi connectivity index (χ2n) is 5.81. The fourth-order valence-corrected chi connectivity index (χ4v) is 4.14. The zero-order valence-corrected chi connectivity index (χ0v) is 13.8. The predicted octanol–water partition coefficient (Wildman–Crippen LogP) is 4.33. The fraction of sp³-hybridized carbons (Fsp3) is 0.444. The molecule has 2 nitrogen and oxygen atoms in total. The molecule has 0 aliphatic carbocycles. The van der Waals surface area contributed by atoms with Crippen molar-refractivity contribution in [1.82, 2.24) is 5.32 Å². The third-order valence-corrected chi connectivity index (χ3v) is 5.23. The molecule has 1 aromatic carbocycles. The van der Waals surface area contributed by atoms with Gasteiger partial charge in [0.05, 0.1) is 12.7 Å². The zero-order valence-electron chi connectivity index (χ0n) is 13.0. The first-order valence-electron chi connectivity index (χ1n) is 7.65. The molecule has 3 rings (SSSR count). The quantitative estimate of drug-likeness (QED) is 0.907. The average Bonchev–Trinajstić information content (AvgIpc) is 2.83. The summed E-state index contributed by atoms with van der Waals surface area (Å²) in [6, 6.07) is 11.3. The van der Waals surface area contributed by atoms with E-state index in [9.17, 15) is 0 Å². The zero-order chi connectivity index (χ0) is 14.8. The fourth-order valence-electron chi connectivity index (χ4n) is 3.12. The highest BCUT2D eigenvalue weighted by Crippen LogP contribution is 2.29.